The molecular weight excluding hydrogens is 288 g/mol. The average Bonchev–Trinajstić information content (AvgIpc) is 2.46. The topological polar surface area (TPSA) is 60.5 Å². The highest BCUT2D eigenvalue weighted by atomic mass is 16.7. The molecule has 7 nitrogen and oxygen atoms in total. The lowest BCUT2D eigenvalue weighted by atomic mass is 10.2. The predicted molar refractivity (Wildman–Crippen MR) is 80.5 cm³/mol. The molecule has 2 fully saturated rings. The summed E-state index contributed by atoms with van der Waals surface area (Å²) in [6.07, 6.45) is -0.628. The van der Waals surface area contributed by atoms with Crippen molar-refractivity contribution >= 4 is 6.16 Å². The van der Waals surface area contributed by atoms with Crippen molar-refractivity contribution in [2.75, 3.05) is 39.9 Å². The van der Waals surface area contributed by atoms with Crippen LogP contribution >= 0.6 is 0 Å². The highest BCUT2D eigenvalue weighted by molar-refractivity contribution is 5.59. The molecule has 0 aliphatic carbocycles. The Morgan fingerprint density at radius 3 is 1.45 bits per heavy atom. The fourth-order valence-electron chi connectivity index (χ4n) is 2.88. The maximum atomic E-state index is 11.8. The SMILES string of the molecule is C[C@@H]1COC[C@H](C)N1COC(=O)OCN1[C@H](C)COC[C@@H]1C. The van der Waals surface area contributed by atoms with Gasteiger partial charge in [-0.25, -0.2) is 4.79 Å². The first kappa shape index (κ1) is 17.5. The van der Waals surface area contributed by atoms with Gasteiger partial charge in [0.15, 0.2) is 0 Å². The van der Waals surface area contributed by atoms with Crippen molar-refractivity contribution in [2.45, 2.75) is 51.9 Å². The van der Waals surface area contributed by atoms with E-state index in [0.717, 1.165) is 0 Å². The molecule has 2 aliphatic heterocycles. The number of carbonyl (C=O) groups excluding carboxylic acids is 1. The Hall–Kier alpha value is -0.890. The lowest BCUT2D eigenvalue weighted by Crippen LogP contribution is -2.51. The minimum Gasteiger partial charge on any atom is -0.418 e. The Kier molecular flexibility index (Phi) is 6.43. The number of morpholine rings is 2. The Bertz CT molecular complexity index is 316. The average molecular weight is 316 g/mol. The first-order chi connectivity index (χ1) is 10.5. The Morgan fingerprint density at radius 2 is 1.14 bits per heavy atom. The largest absolute Gasteiger partial charge is 0.510 e. The summed E-state index contributed by atoms with van der Waals surface area (Å²) in [6.45, 7) is 11.3. The van der Waals surface area contributed by atoms with E-state index < -0.39 is 6.16 Å². The predicted octanol–water partition coefficient (Wildman–Crippen LogP) is 1.27. The molecule has 0 saturated carbocycles. The molecule has 0 N–H and O–H groups in total. The van der Waals surface area contributed by atoms with E-state index in [1.807, 2.05) is 0 Å². The van der Waals surface area contributed by atoms with Crippen molar-refractivity contribution in [1.82, 2.24) is 9.80 Å². The van der Waals surface area contributed by atoms with Crippen LogP contribution in [0.25, 0.3) is 0 Å². The number of nitrogens with zero attached hydrogens (tertiary/aromatic N) is 2. The molecule has 128 valence electrons. The van der Waals surface area contributed by atoms with Gasteiger partial charge in [0.2, 0.25) is 0 Å². The van der Waals surface area contributed by atoms with Crippen LogP contribution in [0.1, 0.15) is 27.7 Å². The second-order valence-electron chi connectivity index (χ2n) is 6.30. The summed E-state index contributed by atoms with van der Waals surface area (Å²) in [5.41, 5.74) is 0. The molecular formula is C15H28N2O5. The molecule has 0 amide bonds. The van der Waals surface area contributed by atoms with Crippen LogP contribution in [0, 0.1) is 0 Å². The molecule has 4 atom stereocenters. The lowest BCUT2D eigenvalue weighted by molar-refractivity contribution is -0.104. The van der Waals surface area contributed by atoms with E-state index in [2.05, 4.69) is 37.5 Å². The quantitative estimate of drug-likeness (QED) is 0.724. The smallest absolute Gasteiger partial charge is 0.418 e. The van der Waals surface area contributed by atoms with Crippen LogP contribution in [0.5, 0.6) is 0 Å². The molecule has 7 heteroatoms. The molecule has 0 aromatic rings. The summed E-state index contributed by atoms with van der Waals surface area (Å²) >= 11 is 0. The summed E-state index contributed by atoms with van der Waals surface area (Å²) < 4.78 is 21.4. The highest BCUT2D eigenvalue weighted by Gasteiger charge is 2.28. The van der Waals surface area contributed by atoms with Gasteiger partial charge in [-0.1, -0.05) is 0 Å². The second-order valence-corrected chi connectivity index (χ2v) is 6.30. The summed E-state index contributed by atoms with van der Waals surface area (Å²) in [5.74, 6) is 0. The molecule has 2 aliphatic rings. The third kappa shape index (κ3) is 4.55. The van der Waals surface area contributed by atoms with Gasteiger partial charge in [0.05, 0.1) is 26.4 Å². The van der Waals surface area contributed by atoms with Gasteiger partial charge >= 0.3 is 6.16 Å². The first-order valence-electron chi connectivity index (χ1n) is 7.95. The van der Waals surface area contributed by atoms with E-state index in [1.165, 1.54) is 0 Å². The van der Waals surface area contributed by atoms with E-state index >= 15 is 0 Å². The molecule has 0 unspecified atom stereocenters. The summed E-state index contributed by atoms with van der Waals surface area (Å²) in [5, 5.41) is 0. The number of hydrogen-bond acceptors (Lipinski definition) is 7. The molecule has 0 aromatic carbocycles. The van der Waals surface area contributed by atoms with E-state index in [9.17, 15) is 4.79 Å². The van der Waals surface area contributed by atoms with Crippen LogP contribution in [-0.2, 0) is 18.9 Å². The molecule has 0 aromatic heterocycles. The van der Waals surface area contributed by atoms with Crippen LogP contribution in [0.15, 0.2) is 0 Å². The summed E-state index contributed by atoms with van der Waals surface area (Å²) in [7, 11) is 0. The van der Waals surface area contributed by atoms with Crippen LogP contribution in [0.4, 0.5) is 4.79 Å². The number of carbonyl (C=O) groups is 1. The van der Waals surface area contributed by atoms with Gasteiger partial charge < -0.3 is 18.9 Å². The van der Waals surface area contributed by atoms with Crippen molar-refractivity contribution < 1.29 is 23.7 Å². The molecule has 0 radical (unpaired) electrons. The normalized spacial score (nSPS) is 34.4. The molecule has 2 rings (SSSR count). The minimum absolute atomic E-state index is 0.232. The zero-order chi connectivity index (χ0) is 16.1. The van der Waals surface area contributed by atoms with Gasteiger partial charge in [0.1, 0.15) is 13.5 Å². The fraction of sp³-hybridized carbons (Fsp3) is 0.933. The van der Waals surface area contributed by atoms with E-state index in [1.54, 1.807) is 0 Å². The summed E-state index contributed by atoms with van der Waals surface area (Å²) in [4.78, 5) is 16.0. The van der Waals surface area contributed by atoms with Gasteiger partial charge in [0.25, 0.3) is 0 Å². The monoisotopic (exact) mass is 316 g/mol. The van der Waals surface area contributed by atoms with Crippen LogP contribution in [0.3, 0.4) is 0 Å². The van der Waals surface area contributed by atoms with Gasteiger partial charge in [-0.15, -0.1) is 0 Å². The summed E-state index contributed by atoms with van der Waals surface area (Å²) in [6, 6.07) is 0.929. The van der Waals surface area contributed by atoms with Crippen molar-refractivity contribution in [2.24, 2.45) is 0 Å². The lowest BCUT2D eigenvalue weighted by Gasteiger charge is -2.38. The Balaban J connectivity index is 1.71. The van der Waals surface area contributed by atoms with E-state index in [0.29, 0.717) is 26.4 Å². The zero-order valence-electron chi connectivity index (χ0n) is 14.0. The third-order valence-corrected chi connectivity index (χ3v) is 4.36. The number of rotatable bonds is 4. The Morgan fingerprint density at radius 1 is 0.818 bits per heavy atom. The molecule has 0 bridgehead atoms. The van der Waals surface area contributed by atoms with Gasteiger partial charge in [-0.3, -0.25) is 9.80 Å². The molecule has 2 saturated heterocycles. The fourth-order valence-corrected chi connectivity index (χ4v) is 2.88. The molecule has 2 heterocycles. The van der Waals surface area contributed by atoms with Crippen LogP contribution in [-0.4, -0.2) is 80.0 Å². The molecule has 0 spiro atoms. The molecule has 22 heavy (non-hydrogen) atoms. The highest BCUT2D eigenvalue weighted by Crippen LogP contribution is 2.14. The second kappa shape index (κ2) is 8.10. The first-order valence-corrected chi connectivity index (χ1v) is 7.95. The maximum absolute atomic E-state index is 11.8. The van der Waals surface area contributed by atoms with Crippen molar-refractivity contribution in [3.8, 4) is 0 Å². The van der Waals surface area contributed by atoms with Gasteiger partial charge in [0, 0.05) is 24.2 Å². The zero-order valence-corrected chi connectivity index (χ0v) is 14.0. The van der Waals surface area contributed by atoms with E-state index in [-0.39, 0.29) is 37.6 Å². The van der Waals surface area contributed by atoms with Crippen molar-refractivity contribution in [3.63, 3.8) is 0 Å². The van der Waals surface area contributed by atoms with Crippen LogP contribution in [0.2, 0.25) is 0 Å². The standard InChI is InChI=1S/C15H28N2O5/c1-11-5-19-6-12(2)16(11)9-21-15(18)22-10-17-13(3)7-20-8-14(17)4/h11-14H,5-10H2,1-4H3/t11-,12+,13-,14+. The van der Waals surface area contributed by atoms with Gasteiger partial charge in [-0.05, 0) is 27.7 Å². The van der Waals surface area contributed by atoms with Crippen molar-refractivity contribution in [1.29, 1.82) is 0 Å². The van der Waals surface area contributed by atoms with Gasteiger partial charge in [-0.2, -0.15) is 0 Å². The number of ether oxygens (including phenoxy) is 4. The van der Waals surface area contributed by atoms with Crippen LogP contribution < -0.4 is 0 Å². The van der Waals surface area contributed by atoms with Crippen molar-refractivity contribution in [3.05, 3.63) is 0 Å². The third-order valence-electron chi connectivity index (χ3n) is 4.36. The Labute approximate surface area is 132 Å². The minimum atomic E-state index is -0.628. The number of hydrogen-bond donors (Lipinski definition) is 0. The van der Waals surface area contributed by atoms with E-state index in [4.69, 9.17) is 18.9 Å². The maximum Gasteiger partial charge on any atom is 0.510 e.